The first-order chi connectivity index (χ1) is 7.11. The van der Waals surface area contributed by atoms with E-state index in [-0.39, 0.29) is 0 Å². The molecule has 0 bridgehead atoms. The van der Waals surface area contributed by atoms with Gasteiger partial charge < -0.3 is 10.6 Å². The number of aromatic nitrogens is 2. The lowest BCUT2D eigenvalue weighted by Gasteiger charge is -2.20. The predicted octanol–water partition coefficient (Wildman–Crippen LogP) is 1.44. The highest BCUT2D eigenvalue weighted by Crippen LogP contribution is 2.03. The van der Waals surface area contributed by atoms with E-state index in [2.05, 4.69) is 30.9 Å². The first kappa shape index (κ1) is 12.0. The Bertz CT molecular complexity index is 282. The largest absolute Gasteiger partial charge is 0.382 e. The Balaban J connectivity index is 2.25. The minimum Gasteiger partial charge on any atom is -0.382 e. The predicted molar refractivity (Wildman–Crippen MR) is 63.6 cm³/mol. The van der Waals surface area contributed by atoms with Crippen LogP contribution in [0.1, 0.15) is 20.3 Å². The maximum absolute atomic E-state index is 5.54. The van der Waals surface area contributed by atoms with Crippen molar-refractivity contribution in [3.05, 3.63) is 12.3 Å². The molecule has 4 nitrogen and oxygen atoms in total. The minimum atomic E-state index is 0.597. The number of nitrogens with zero attached hydrogens (tertiary/aromatic N) is 3. The molecule has 0 aromatic carbocycles. The Kier molecular flexibility index (Phi) is 4.62. The van der Waals surface area contributed by atoms with Crippen LogP contribution >= 0.6 is 0 Å². The van der Waals surface area contributed by atoms with Gasteiger partial charge in [-0.15, -0.1) is 0 Å². The van der Waals surface area contributed by atoms with Crippen LogP contribution < -0.4 is 5.73 Å². The van der Waals surface area contributed by atoms with Gasteiger partial charge in [-0.2, -0.15) is 5.10 Å². The molecule has 1 aromatic rings. The zero-order valence-electron chi connectivity index (χ0n) is 9.98. The molecule has 0 saturated heterocycles. The van der Waals surface area contributed by atoms with Gasteiger partial charge in [-0.1, -0.05) is 20.3 Å². The number of hydrogen-bond donors (Lipinski definition) is 1. The molecule has 0 radical (unpaired) electrons. The Morgan fingerprint density at radius 2 is 2.33 bits per heavy atom. The maximum Gasteiger partial charge on any atom is 0.145 e. The Morgan fingerprint density at radius 3 is 2.87 bits per heavy atom. The van der Waals surface area contributed by atoms with Crippen LogP contribution in [0.25, 0.3) is 0 Å². The molecule has 4 heteroatoms. The van der Waals surface area contributed by atoms with Gasteiger partial charge in [-0.3, -0.25) is 4.68 Å². The molecule has 1 heterocycles. The molecular weight excluding hydrogens is 188 g/mol. The van der Waals surface area contributed by atoms with Gasteiger partial charge in [0.2, 0.25) is 0 Å². The summed E-state index contributed by atoms with van der Waals surface area (Å²) in [6.45, 7) is 7.58. The lowest BCUT2D eigenvalue weighted by Crippen LogP contribution is -2.27. The van der Waals surface area contributed by atoms with Gasteiger partial charge in [0.1, 0.15) is 5.82 Å². The third-order valence-corrected chi connectivity index (χ3v) is 2.69. The maximum atomic E-state index is 5.54. The van der Waals surface area contributed by atoms with Crippen molar-refractivity contribution < 1.29 is 0 Å². The SMILES string of the molecule is CCC(C)CN(C)CCn1ccc(N)n1. The standard InChI is InChI=1S/C11H22N4/c1-4-10(2)9-14(3)7-8-15-6-5-11(12)13-15/h5-6,10H,4,7-9H2,1-3H3,(H2,12,13). The van der Waals surface area contributed by atoms with E-state index in [9.17, 15) is 0 Å². The zero-order valence-corrected chi connectivity index (χ0v) is 9.98. The summed E-state index contributed by atoms with van der Waals surface area (Å²) in [5, 5.41) is 4.15. The molecule has 1 unspecified atom stereocenters. The van der Waals surface area contributed by atoms with Gasteiger partial charge in [0.25, 0.3) is 0 Å². The number of anilines is 1. The van der Waals surface area contributed by atoms with Crippen molar-refractivity contribution in [1.29, 1.82) is 0 Å². The van der Waals surface area contributed by atoms with Crippen LogP contribution in [0.3, 0.4) is 0 Å². The van der Waals surface area contributed by atoms with Crippen LogP contribution in [0.4, 0.5) is 5.82 Å². The van der Waals surface area contributed by atoms with Crippen LogP contribution in [0.15, 0.2) is 12.3 Å². The summed E-state index contributed by atoms with van der Waals surface area (Å²) >= 11 is 0. The van der Waals surface area contributed by atoms with E-state index in [1.807, 2.05) is 16.9 Å². The van der Waals surface area contributed by atoms with Crippen LogP contribution in [0, 0.1) is 5.92 Å². The smallest absolute Gasteiger partial charge is 0.145 e. The normalized spacial score (nSPS) is 13.3. The van der Waals surface area contributed by atoms with E-state index in [0.717, 1.165) is 25.6 Å². The van der Waals surface area contributed by atoms with Crippen LogP contribution in [-0.4, -0.2) is 34.8 Å². The summed E-state index contributed by atoms with van der Waals surface area (Å²) in [5.41, 5.74) is 5.54. The van der Waals surface area contributed by atoms with E-state index >= 15 is 0 Å². The van der Waals surface area contributed by atoms with Crippen molar-refractivity contribution in [2.24, 2.45) is 5.92 Å². The average Bonchev–Trinajstić information content (AvgIpc) is 2.61. The quantitative estimate of drug-likeness (QED) is 0.773. The van der Waals surface area contributed by atoms with Gasteiger partial charge in [-0.05, 0) is 19.0 Å². The van der Waals surface area contributed by atoms with E-state index in [4.69, 9.17) is 5.73 Å². The first-order valence-electron chi connectivity index (χ1n) is 5.59. The average molecular weight is 210 g/mol. The van der Waals surface area contributed by atoms with E-state index < -0.39 is 0 Å². The highest BCUT2D eigenvalue weighted by Gasteiger charge is 2.04. The van der Waals surface area contributed by atoms with Crippen molar-refractivity contribution in [3.8, 4) is 0 Å². The van der Waals surface area contributed by atoms with Gasteiger partial charge in [0.15, 0.2) is 0 Å². The fraction of sp³-hybridized carbons (Fsp3) is 0.727. The Morgan fingerprint density at radius 1 is 1.60 bits per heavy atom. The van der Waals surface area contributed by atoms with Crippen molar-refractivity contribution in [1.82, 2.24) is 14.7 Å². The Labute approximate surface area is 92.1 Å². The minimum absolute atomic E-state index is 0.597. The molecule has 0 amide bonds. The van der Waals surface area contributed by atoms with E-state index in [1.54, 1.807) is 0 Å². The van der Waals surface area contributed by atoms with E-state index in [0.29, 0.717) is 5.82 Å². The van der Waals surface area contributed by atoms with Crippen molar-refractivity contribution in [2.75, 3.05) is 25.9 Å². The number of nitrogen functional groups attached to an aromatic ring is 1. The number of likely N-dealkylation sites (N-methyl/N-ethyl adjacent to an activating group) is 1. The second kappa shape index (κ2) is 5.75. The molecular formula is C11H22N4. The summed E-state index contributed by atoms with van der Waals surface area (Å²) < 4.78 is 1.89. The number of nitrogens with two attached hydrogens (primary N) is 1. The molecule has 0 spiro atoms. The lowest BCUT2D eigenvalue weighted by molar-refractivity contribution is 0.268. The van der Waals surface area contributed by atoms with Crippen molar-refractivity contribution in [2.45, 2.75) is 26.8 Å². The van der Waals surface area contributed by atoms with Crippen molar-refractivity contribution >= 4 is 5.82 Å². The summed E-state index contributed by atoms with van der Waals surface area (Å²) in [4.78, 5) is 2.34. The van der Waals surface area contributed by atoms with E-state index in [1.165, 1.54) is 6.42 Å². The van der Waals surface area contributed by atoms with Crippen LogP contribution in [-0.2, 0) is 6.54 Å². The third-order valence-electron chi connectivity index (χ3n) is 2.69. The van der Waals surface area contributed by atoms with Gasteiger partial charge in [0, 0.05) is 19.3 Å². The summed E-state index contributed by atoms with van der Waals surface area (Å²) in [7, 11) is 2.15. The van der Waals surface area contributed by atoms with Crippen molar-refractivity contribution in [3.63, 3.8) is 0 Å². The molecule has 0 saturated carbocycles. The fourth-order valence-electron chi connectivity index (χ4n) is 1.53. The summed E-state index contributed by atoms with van der Waals surface area (Å²) in [5.74, 6) is 1.36. The zero-order chi connectivity index (χ0) is 11.3. The third kappa shape index (κ3) is 4.34. The van der Waals surface area contributed by atoms with Crippen LogP contribution in [0.5, 0.6) is 0 Å². The topological polar surface area (TPSA) is 47.1 Å². The molecule has 0 aliphatic carbocycles. The highest BCUT2D eigenvalue weighted by molar-refractivity contribution is 5.23. The van der Waals surface area contributed by atoms with Gasteiger partial charge in [0.05, 0.1) is 6.54 Å². The van der Waals surface area contributed by atoms with Gasteiger partial charge >= 0.3 is 0 Å². The Hall–Kier alpha value is -1.03. The molecule has 0 fully saturated rings. The summed E-state index contributed by atoms with van der Waals surface area (Å²) in [6, 6.07) is 1.83. The monoisotopic (exact) mass is 210 g/mol. The molecule has 1 aromatic heterocycles. The molecule has 2 N–H and O–H groups in total. The molecule has 86 valence electrons. The van der Waals surface area contributed by atoms with Gasteiger partial charge in [-0.25, -0.2) is 0 Å². The highest BCUT2D eigenvalue weighted by atomic mass is 15.3. The molecule has 15 heavy (non-hydrogen) atoms. The fourth-order valence-corrected chi connectivity index (χ4v) is 1.53. The number of hydrogen-bond acceptors (Lipinski definition) is 3. The number of rotatable bonds is 6. The van der Waals surface area contributed by atoms with Crippen LogP contribution in [0.2, 0.25) is 0 Å². The molecule has 0 aliphatic rings. The molecule has 1 atom stereocenters. The molecule has 1 rings (SSSR count). The lowest BCUT2D eigenvalue weighted by atomic mass is 10.1. The second-order valence-corrected chi connectivity index (χ2v) is 4.28. The first-order valence-corrected chi connectivity index (χ1v) is 5.59. The summed E-state index contributed by atoms with van der Waals surface area (Å²) in [6.07, 6.45) is 3.16. The second-order valence-electron chi connectivity index (χ2n) is 4.28. The molecule has 0 aliphatic heterocycles.